The van der Waals surface area contributed by atoms with Gasteiger partial charge in [0.2, 0.25) is 0 Å². The first-order valence-electron chi connectivity index (χ1n) is 5.89. The molecule has 4 heteroatoms. The third-order valence-electron chi connectivity index (χ3n) is 3.47. The standard InChI is InChI=1S/C12H18O4/c1-2-10(11(13)14)9-3-5-12(6-4-9)15-7-8-16-12/h2-8H2,1H3,(H,13,14). The molecular weight excluding hydrogens is 208 g/mol. The smallest absolute Gasteiger partial charge is 0.331 e. The predicted octanol–water partition coefficient (Wildman–Crippen LogP) is 2.09. The van der Waals surface area contributed by atoms with E-state index < -0.39 is 11.8 Å². The molecular formula is C12H18O4. The fraction of sp³-hybridized carbons (Fsp3) is 0.750. The van der Waals surface area contributed by atoms with E-state index in [9.17, 15) is 4.79 Å². The molecule has 4 nitrogen and oxygen atoms in total. The number of carboxylic acid groups (broad SMARTS) is 1. The van der Waals surface area contributed by atoms with Gasteiger partial charge in [0.1, 0.15) is 0 Å². The number of ether oxygens (including phenoxy) is 2. The molecule has 2 fully saturated rings. The quantitative estimate of drug-likeness (QED) is 0.732. The summed E-state index contributed by atoms with van der Waals surface area (Å²) >= 11 is 0. The molecule has 0 bridgehead atoms. The second kappa shape index (κ2) is 4.55. The van der Waals surface area contributed by atoms with Crippen molar-refractivity contribution in [2.45, 2.75) is 44.8 Å². The van der Waals surface area contributed by atoms with Crippen molar-refractivity contribution in [1.82, 2.24) is 0 Å². The number of carboxylic acids is 1. The molecule has 0 atom stereocenters. The summed E-state index contributed by atoms with van der Waals surface area (Å²) in [4.78, 5) is 11.0. The van der Waals surface area contributed by atoms with Gasteiger partial charge in [0.25, 0.3) is 0 Å². The molecule has 0 radical (unpaired) electrons. The molecule has 0 amide bonds. The second-order valence-corrected chi connectivity index (χ2v) is 4.35. The minimum absolute atomic E-state index is 0.402. The lowest BCUT2D eigenvalue weighted by Crippen LogP contribution is -2.33. The zero-order chi connectivity index (χ0) is 11.6. The van der Waals surface area contributed by atoms with Gasteiger partial charge in [-0.05, 0) is 19.3 Å². The topological polar surface area (TPSA) is 55.8 Å². The van der Waals surface area contributed by atoms with Crippen molar-refractivity contribution in [1.29, 1.82) is 0 Å². The summed E-state index contributed by atoms with van der Waals surface area (Å²) in [7, 11) is 0. The fourth-order valence-electron chi connectivity index (χ4n) is 2.57. The summed E-state index contributed by atoms with van der Waals surface area (Å²) in [6.07, 6.45) is 3.75. The normalized spacial score (nSPS) is 23.7. The average Bonchev–Trinajstić information content (AvgIpc) is 2.70. The van der Waals surface area contributed by atoms with E-state index in [-0.39, 0.29) is 0 Å². The van der Waals surface area contributed by atoms with E-state index in [4.69, 9.17) is 14.6 Å². The monoisotopic (exact) mass is 226 g/mol. The zero-order valence-corrected chi connectivity index (χ0v) is 9.62. The number of hydrogen-bond donors (Lipinski definition) is 1. The van der Waals surface area contributed by atoms with Crippen LogP contribution in [0.25, 0.3) is 0 Å². The van der Waals surface area contributed by atoms with Crippen molar-refractivity contribution in [2.75, 3.05) is 13.2 Å². The Morgan fingerprint density at radius 3 is 2.31 bits per heavy atom. The first-order chi connectivity index (χ1) is 7.67. The Balaban J connectivity index is 2.06. The van der Waals surface area contributed by atoms with Gasteiger partial charge in [-0.2, -0.15) is 0 Å². The molecule has 0 aromatic heterocycles. The lowest BCUT2D eigenvalue weighted by Gasteiger charge is -2.33. The van der Waals surface area contributed by atoms with Crippen molar-refractivity contribution in [3.8, 4) is 0 Å². The van der Waals surface area contributed by atoms with E-state index in [2.05, 4.69) is 0 Å². The molecule has 2 rings (SSSR count). The lowest BCUT2D eigenvalue weighted by atomic mass is 9.86. The van der Waals surface area contributed by atoms with Crippen LogP contribution in [0.1, 0.15) is 39.0 Å². The van der Waals surface area contributed by atoms with E-state index in [1.807, 2.05) is 6.92 Å². The molecule has 1 aliphatic heterocycles. The van der Waals surface area contributed by atoms with Crippen LogP contribution in [0.15, 0.2) is 11.1 Å². The van der Waals surface area contributed by atoms with Crippen molar-refractivity contribution >= 4 is 5.97 Å². The van der Waals surface area contributed by atoms with E-state index in [1.165, 1.54) is 0 Å². The van der Waals surface area contributed by atoms with Crippen LogP contribution in [-0.2, 0) is 14.3 Å². The Morgan fingerprint density at radius 2 is 1.88 bits per heavy atom. The van der Waals surface area contributed by atoms with Crippen molar-refractivity contribution in [3.05, 3.63) is 11.1 Å². The Morgan fingerprint density at radius 1 is 1.31 bits per heavy atom. The van der Waals surface area contributed by atoms with Crippen LogP contribution in [0.3, 0.4) is 0 Å². The maximum atomic E-state index is 11.0. The van der Waals surface area contributed by atoms with Gasteiger partial charge in [0.15, 0.2) is 5.79 Å². The van der Waals surface area contributed by atoms with Crippen LogP contribution in [0.2, 0.25) is 0 Å². The van der Waals surface area contributed by atoms with E-state index in [1.54, 1.807) is 0 Å². The van der Waals surface area contributed by atoms with Crippen LogP contribution >= 0.6 is 0 Å². The highest BCUT2D eigenvalue weighted by molar-refractivity contribution is 5.87. The van der Waals surface area contributed by atoms with Crippen LogP contribution in [0.4, 0.5) is 0 Å². The molecule has 1 saturated carbocycles. The van der Waals surface area contributed by atoms with Crippen LogP contribution in [0.5, 0.6) is 0 Å². The highest BCUT2D eigenvalue weighted by Crippen LogP contribution is 2.39. The third-order valence-corrected chi connectivity index (χ3v) is 3.47. The van der Waals surface area contributed by atoms with Gasteiger partial charge in [0, 0.05) is 18.4 Å². The summed E-state index contributed by atoms with van der Waals surface area (Å²) < 4.78 is 11.2. The molecule has 2 aliphatic rings. The van der Waals surface area contributed by atoms with E-state index in [0.717, 1.165) is 31.3 Å². The molecule has 90 valence electrons. The molecule has 1 aliphatic carbocycles. The highest BCUT2D eigenvalue weighted by Gasteiger charge is 2.39. The third kappa shape index (κ3) is 2.13. The van der Waals surface area contributed by atoms with Gasteiger partial charge in [-0.1, -0.05) is 12.5 Å². The minimum atomic E-state index is -0.776. The van der Waals surface area contributed by atoms with Gasteiger partial charge in [-0.3, -0.25) is 0 Å². The summed E-state index contributed by atoms with van der Waals surface area (Å²) in [5.74, 6) is -1.18. The first kappa shape index (κ1) is 11.6. The largest absolute Gasteiger partial charge is 0.478 e. The Hall–Kier alpha value is -0.870. The number of allylic oxidation sites excluding steroid dienone is 1. The van der Waals surface area contributed by atoms with E-state index in [0.29, 0.717) is 25.2 Å². The molecule has 0 aromatic carbocycles. The second-order valence-electron chi connectivity index (χ2n) is 4.35. The maximum absolute atomic E-state index is 11.0. The zero-order valence-electron chi connectivity index (χ0n) is 9.62. The number of aliphatic carboxylic acids is 1. The summed E-state index contributed by atoms with van der Waals surface area (Å²) in [6.45, 7) is 3.22. The molecule has 0 unspecified atom stereocenters. The predicted molar refractivity (Wildman–Crippen MR) is 58.1 cm³/mol. The highest BCUT2D eigenvalue weighted by atomic mass is 16.7. The van der Waals surface area contributed by atoms with Gasteiger partial charge in [0.05, 0.1) is 13.2 Å². The van der Waals surface area contributed by atoms with E-state index >= 15 is 0 Å². The molecule has 1 spiro atoms. The van der Waals surface area contributed by atoms with Gasteiger partial charge < -0.3 is 14.6 Å². The SMILES string of the molecule is CCC(C(=O)O)=C1CCC2(CC1)OCCO2. The van der Waals surface area contributed by atoms with Gasteiger partial charge >= 0.3 is 5.97 Å². The summed E-state index contributed by atoms with van der Waals surface area (Å²) in [5, 5.41) is 9.06. The van der Waals surface area contributed by atoms with Crippen molar-refractivity contribution < 1.29 is 19.4 Å². The van der Waals surface area contributed by atoms with Gasteiger partial charge in [-0.25, -0.2) is 4.79 Å². The van der Waals surface area contributed by atoms with Crippen molar-refractivity contribution in [2.24, 2.45) is 0 Å². The minimum Gasteiger partial charge on any atom is -0.478 e. The van der Waals surface area contributed by atoms with Crippen LogP contribution < -0.4 is 0 Å². The molecule has 16 heavy (non-hydrogen) atoms. The Kier molecular flexibility index (Phi) is 3.30. The molecule has 1 N–H and O–H groups in total. The fourth-order valence-corrected chi connectivity index (χ4v) is 2.57. The Labute approximate surface area is 95.2 Å². The maximum Gasteiger partial charge on any atom is 0.331 e. The van der Waals surface area contributed by atoms with Crippen molar-refractivity contribution in [3.63, 3.8) is 0 Å². The first-order valence-corrected chi connectivity index (χ1v) is 5.89. The molecule has 1 saturated heterocycles. The number of hydrogen-bond acceptors (Lipinski definition) is 3. The Bertz CT molecular complexity index is 301. The van der Waals surface area contributed by atoms with Crippen LogP contribution in [-0.4, -0.2) is 30.1 Å². The average molecular weight is 226 g/mol. The molecule has 0 aromatic rings. The van der Waals surface area contributed by atoms with Crippen LogP contribution in [0, 0.1) is 0 Å². The summed E-state index contributed by atoms with van der Waals surface area (Å²) in [5.41, 5.74) is 1.65. The van der Waals surface area contributed by atoms with Gasteiger partial charge in [-0.15, -0.1) is 0 Å². The summed E-state index contributed by atoms with van der Waals surface area (Å²) in [6, 6.07) is 0. The lowest BCUT2D eigenvalue weighted by molar-refractivity contribution is -0.171. The molecule has 1 heterocycles. The number of rotatable bonds is 2. The number of carbonyl (C=O) groups is 1.